The van der Waals surface area contributed by atoms with Crippen molar-refractivity contribution in [3.63, 3.8) is 0 Å². The van der Waals surface area contributed by atoms with Crippen LogP contribution >= 0.6 is 11.6 Å². The van der Waals surface area contributed by atoms with Gasteiger partial charge in [0.1, 0.15) is 9.52 Å². The van der Waals surface area contributed by atoms with Gasteiger partial charge in [0.25, 0.3) is 0 Å². The Morgan fingerprint density at radius 1 is 1.67 bits per heavy atom. The van der Waals surface area contributed by atoms with E-state index in [9.17, 15) is 0 Å². The fraction of sp³-hybridized carbons (Fsp3) is 0.667. The van der Waals surface area contributed by atoms with Crippen molar-refractivity contribution in [3.05, 3.63) is 0 Å². The molecule has 9 heavy (non-hydrogen) atoms. The first kappa shape index (κ1) is 12.5. The third kappa shape index (κ3) is 12.1. The van der Waals surface area contributed by atoms with Gasteiger partial charge in [0.15, 0.2) is 0 Å². The molecule has 0 rings (SSSR count). The van der Waals surface area contributed by atoms with Gasteiger partial charge >= 0.3 is 23.1 Å². The maximum absolute atomic E-state index is 5.44. The smallest absolute Gasteiger partial charge is 1.00 e. The van der Waals surface area contributed by atoms with Crippen molar-refractivity contribution >= 4 is 44.2 Å². The number of alkyl halides is 1. The Hall–Kier alpha value is 0.833. The van der Waals surface area contributed by atoms with E-state index in [-0.39, 0.29) is 35.4 Å². The zero-order chi connectivity index (χ0) is 6.41. The minimum Gasteiger partial charge on any atom is -1.00 e. The van der Waals surface area contributed by atoms with E-state index >= 15 is 0 Å². The van der Waals surface area contributed by atoms with Crippen LogP contribution in [0.3, 0.4) is 0 Å². The van der Waals surface area contributed by atoms with E-state index < -0.39 is 0 Å². The van der Waals surface area contributed by atoms with Crippen molar-refractivity contribution < 1.29 is 2.85 Å². The molecule has 0 N–H and O–H groups in total. The third-order valence-electron chi connectivity index (χ3n) is 0.610. The summed E-state index contributed by atoms with van der Waals surface area (Å²) in [6, 6.07) is 0. The molecular formula is C6H13ClMgSi. The van der Waals surface area contributed by atoms with Gasteiger partial charge in [-0.2, -0.15) is 0 Å². The van der Waals surface area contributed by atoms with E-state index in [0.29, 0.717) is 5.92 Å². The largest absolute Gasteiger partial charge is 2.00 e. The van der Waals surface area contributed by atoms with Crippen molar-refractivity contribution in [2.24, 2.45) is 5.92 Å². The quantitative estimate of drug-likeness (QED) is 0.312. The third-order valence-corrected chi connectivity index (χ3v) is 1.82. The minimum atomic E-state index is -0.217. The Balaban J connectivity index is -0.0000000817. The molecule has 0 fully saturated rings. The Morgan fingerprint density at radius 2 is 2.22 bits per heavy atom. The Morgan fingerprint density at radius 3 is 2.56 bits per heavy atom. The van der Waals surface area contributed by atoms with Crippen LogP contribution in [0, 0.1) is 17.4 Å². The molecule has 0 unspecified atom stereocenters. The second-order valence-electron chi connectivity index (χ2n) is 1.91. The van der Waals surface area contributed by atoms with Gasteiger partial charge in [-0.1, -0.05) is 13.8 Å². The molecule has 0 saturated heterocycles. The van der Waals surface area contributed by atoms with E-state index in [1.54, 1.807) is 0 Å². The van der Waals surface area contributed by atoms with E-state index in [2.05, 4.69) is 25.3 Å². The molecular weight excluding hydrogens is 160 g/mol. The summed E-state index contributed by atoms with van der Waals surface area (Å²) in [4.78, 5) is 0. The number of rotatable bonds is 1. The number of hydrogen-bond acceptors (Lipinski definition) is 0. The second-order valence-corrected chi connectivity index (χ2v) is 4.28. The van der Waals surface area contributed by atoms with E-state index in [4.69, 9.17) is 11.6 Å². The predicted molar refractivity (Wildman–Crippen MR) is 49.9 cm³/mol. The first-order valence-electron chi connectivity index (χ1n) is 2.81. The van der Waals surface area contributed by atoms with Crippen molar-refractivity contribution in [1.82, 2.24) is 0 Å². The number of hydrogen-bond donors (Lipinski definition) is 0. The molecule has 0 atom stereocenters. The zero-order valence-electron chi connectivity index (χ0n) is 8.08. The van der Waals surface area contributed by atoms with Crippen LogP contribution < -0.4 is 0 Å². The molecule has 0 aromatic heterocycles. The average Bonchev–Trinajstić information content (AvgIpc) is 1.66. The Bertz CT molecular complexity index is 111. The molecule has 0 saturated carbocycles. The van der Waals surface area contributed by atoms with Gasteiger partial charge in [0, 0.05) is 11.4 Å². The average molecular weight is 173 g/mol. The number of halogens is 1. The summed E-state index contributed by atoms with van der Waals surface area (Å²) in [5.41, 5.74) is 3.88. The zero-order valence-corrected chi connectivity index (χ0v) is 9.66. The van der Waals surface area contributed by atoms with Crippen LogP contribution in [-0.2, 0) is 0 Å². The molecule has 0 aliphatic heterocycles. The van der Waals surface area contributed by atoms with Crippen molar-refractivity contribution in [2.45, 2.75) is 13.8 Å². The summed E-state index contributed by atoms with van der Waals surface area (Å²) in [5.74, 6) is 3.59. The van der Waals surface area contributed by atoms with Gasteiger partial charge in [-0.3, -0.25) is 0 Å². The summed E-state index contributed by atoms with van der Waals surface area (Å²) in [6.07, 6.45) is 0. The molecule has 0 aromatic rings. The summed E-state index contributed by atoms with van der Waals surface area (Å²) in [7, 11) is -0.217. The van der Waals surface area contributed by atoms with Crippen molar-refractivity contribution in [2.75, 3.05) is 5.50 Å². The molecule has 0 heterocycles. The van der Waals surface area contributed by atoms with Gasteiger partial charge in [0.05, 0.1) is 0 Å². The Kier molecular flexibility index (Phi) is 12.3. The topological polar surface area (TPSA) is 0 Å². The van der Waals surface area contributed by atoms with E-state index in [0.717, 1.165) is 5.50 Å². The molecule has 0 radical (unpaired) electrons. The van der Waals surface area contributed by atoms with Gasteiger partial charge < -0.3 is 2.85 Å². The van der Waals surface area contributed by atoms with Crippen LogP contribution in [0.5, 0.6) is 0 Å². The van der Waals surface area contributed by atoms with Crippen LogP contribution in [0.1, 0.15) is 16.7 Å². The van der Waals surface area contributed by atoms with Gasteiger partial charge in [-0.25, -0.2) is 0 Å². The molecule has 0 aromatic carbocycles. The van der Waals surface area contributed by atoms with E-state index in [1.165, 1.54) is 0 Å². The molecule has 0 aliphatic rings. The summed E-state index contributed by atoms with van der Waals surface area (Å²) >= 11 is 5.44. The SMILES string of the molecule is CC(C)C#C[SiH2]CCl.[H-].[H-].[Mg+2]. The second kappa shape index (κ2) is 8.83. The van der Waals surface area contributed by atoms with Crippen molar-refractivity contribution in [1.29, 1.82) is 0 Å². The first-order chi connectivity index (χ1) is 3.77. The monoisotopic (exact) mass is 172 g/mol. The molecule has 50 valence electrons. The summed E-state index contributed by atoms with van der Waals surface area (Å²) in [6.45, 7) is 4.19. The molecule has 0 spiro atoms. The van der Waals surface area contributed by atoms with Crippen molar-refractivity contribution in [3.8, 4) is 11.5 Å². The van der Waals surface area contributed by atoms with Crippen LogP contribution in [0.4, 0.5) is 0 Å². The molecule has 0 bridgehead atoms. The van der Waals surface area contributed by atoms with Crippen LogP contribution in [0.2, 0.25) is 0 Å². The molecule has 3 heteroatoms. The van der Waals surface area contributed by atoms with Crippen LogP contribution in [-0.4, -0.2) is 38.1 Å². The summed E-state index contributed by atoms with van der Waals surface area (Å²) in [5, 5.41) is 0. The maximum Gasteiger partial charge on any atom is 2.00 e. The molecule has 0 amide bonds. The molecule has 0 nitrogen and oxygen atoms in total. The van der Waals surface area contributed by atoms with Gasteiger partial charge in [-0.05, 0) is 0 Å². The Labute approximate surface area is 83.7 Å². The molecule has 0 aliphatic carbocycles. The fourth-order valence-corrected chi connectivity index (χ4v) is 1.25. The van der Waals surface area contributed by atoms with Gasteiger partial charge in [-0.15, -0.1) is 23.1 Å². The van der Waals surface area contributed by atoms with E-state index in [1.807, 2.05) is 0 Å². The predicted octanol–water partition coefficient (Wildman–Crippen LogP) is 0.813. The minimum absolute atomic E-state index is 0. The maximum atomic E-state index is 5.44. The van der Waals surface area contributed by atoms with Crippen LogP contribution in [0.25, 0.3) is 0 Å². The standard InChI is InChI=1S/C6H11ClSi.Mg.2H/c1-6(2)3-4-8-5-7;;;/h6H,5,8H2,1-2H3;;;/q;+2;2*-1. The summed E-state index contributed by atoms with van der Waals surface area (Å²) < 4.78 is 0. The fourth-order valence-electron chi connectivity index (χ4n) is 0.324. The normalized spacial score (nSPS) is 8.89. The first-order valence-corrected chi connectivity index (χ1v) is 5.06. The van der Waals surface area contributed by atoms with Crippen LogP contribution in [0.15, 0.2) is 0 Å². The van der Waals surface area contributed by atoms with Gasteiger partial charge in [0.2, 0.25) is 0 Å².